The summed E-state index contributed by atoms with van der Waals surface area (Å²) in [4.78, 5) is 18.0. The summed E-state index contributed by atoms with van der Waals surface area (Å²) in [6.45, 7) is 6.92. The molecule has 0 spiro atoms. The van der Waals surface area contributed by atoms with E-state index in [1.807, 2.05) is 4.90 Å². The molecule has 2 rings (SSSR count). The fourth-order valence-corrected chi connectivity index (χ4v) is 3.07. The van der Waals surface area contributed by atoms with E-state index in [2.05, 4.69) is 46.8 Å². The molecule has 6 nitrogen and oxygen atoms in total. The molecule has 7 heteroatoms. The summed E-state index contributed by atoms with van der Waals surface area (Å²) in [6, 6.07) is 8.39. The second-order valence-corrected chi connectivity index (χ2v) is 6.91. The van der Waals surface area contributed by atoms with E-state index in [-0.39, 0.29) is 29.9 Å². The van der Waals surface area contributed by atoms with Crippen LogP contribution in [0.3, 0.4) is 0 Å². The number of carbonyl (C=O) groups excluding carboxylic acids is 1. The molecule has 0 aliphatic carbocycles. The van der Waals surface area contributed by atoms with Crippen molar-refractivity contribution in [1.82, 2.24) is 15.5 Å². The number of guanidine groups is 1. The molecular formula is C21H35IN4O2. The molecule has 1 heterocycles. The highest BCUT2D eigenvalue weighted by atomic mass is 127. The van der Waals surface area contributed by atoms with Crippen molar-refractivity contribution >= 4 is 35.8 Å². The molecule has 1 fully saturated rings. The molecule has 1 aliphatic heterocycles. The molecule has 1 aliphatic rings. The summed E-state index contributed by atoms with van der Waals surface area (Å²) in [5.74, 6) is 1.06. The van der Waals surface area contributed by atoms with Crippen LogP contribution in [0.15, 0.2) is 29.3 Å². The maximum atomic E-state index is 11.8. The van der Waals surface area contributed by atoms with Crippen molar-refractivity contribution in [3.8, 4) is 0 Å². The first-order chi connectivity index (χ1) is 13.2. The molecule has 1 saturated heterocycles. The lowest BCUT2D eigenvalue weighted by Gasteiger charge is -2.16. The average Bonchev–Trinajstić information content (AvgIpc) is 3.08. The van der Waals surface area contributed by atoms with Gasteiger partial charge in [0.15, 0.2) is 5.96 Å². The second-order valence-electron chi connectivity index (χ2n) is 6.91. The first-order valence-corrected chi connectivity index (χ1v) is 10.1. The summed E-state index contributed by atoms with van der Waals surface area (Å²) in [5.41, 5.74) is 2.36. The minimum absolute atomic E-state index is 0. The van der Waals surface area contributed by atoms with E-state index in [1.54, 1.807) is 7.05 Å². The average molecular weight is 502 g/mol. The third-order valence-corrected chi connectivity index (χ3v) is 4.62. The van der Waals surface area contributed by atoms with Crippen molar-refractivity contribution in [2.24, 2.45) is 4.99 Å². The Hall–Kier alpha value is -1.35. The SMILES string of the molecule is CCCCOCCCNC(=NC)NCc1cccc(CN2CCCC2=O)c1.I. The molecule has 0 radical (unpaired) electrons. The number of unbranched alkanes of at least 4 members (excludes halogenated alkanes) is 1. The minimum Gasteiger partial charge on any atom is -0.381 e. The molecule has 0 aromatic heterocycles. The van der Waals surface area contributed by atoms with Crippen LogP contribution >= 0.6 is 24.0 Å². The van der Waals surface area contributed by atoms with Crippen LogP contribution in [0.25, 0.3) is 0 Å². The first kappa shape index (κ1) is 24.7. The molecule has 28 heavy (non-hydrogen) atoms. The van der Waals surface area contributed by atoms with E-state index in [4.69, 9.17) is 4.74 Å². The van der Waals surface area contributed by atoms with Gasteiger partial charge in [-0.05, 0) is 30.4 Å². The fraction of sp³-hybridized carbons (Fsp3) is 0.619. The van der Waals surface area contributed by atoms with E-state index in [1.165, 1.54) is 17.5 Å². The Morgan fingerprint density at radius 3 is 2.71 bits per heavy atom. The van der Waals surface area contributed by atoms with Gasteiger partial charge in [0.25, 0.3) is 0 Å². The summed E-state index contributed by atoms with van der Waals surface area (Å²) < 4.78 is 5.57. The Bertz CT molecular complexity index is 610. The predicted octanol–water partition coefficient (Wildman–Crippen LogP) is 3.30. The number of amides is 1. The quantitative estimate of drug-likeness (QED) is 0.211. The largest absolute Gasteiger partial charge is 0.381 e. The van der Waals surface area contributed by atoms with Gasteiger partial charge >= 0.3 is 0 Å². The molecule has 1 aromatic rings. The van der Waals surface area contributed by atoms with Crippen LogP contribution in [-0.4, -0.2) is 50.1 Å². The summed E-state index contributed by atoms with van der Waals surface area (Å²) in [5, 5.41) is 6.66. The molecule has 1 aromatic carbocycles. The van der Waals surface area contributed by atoms with Crippen molar-refractivity contribution in [2.45, 2.75) is 52.1 Å². The zero-order valence-electron chi connectivity index (χ0n) is 17.2. The van der Waals surface area contributed by atoms with Crippen LogP contribution in [-0.2, 0) is 22.6 Å². The normalized spacial score (nSPS) is 14.1. The van der Waals surface area contributed by atoms with Gasteiger partial charge in [-0.2, -0.15) is 0 Å². The number of hydrogen-bond donors (Lipinski definition) is 2. The topological polar surface area (TPSA) is 66.0 Å². The highest BCUT2D eigenvalue weighted by molar-refractivity contribution is 14.0. The number of nitrogens with zero attached hydrogens (tertiary/aromatic N) is 2. The Labute approximate surface area is 186 Å². The van der Waals surface area contributed by atoms with Crippen LogP contribution < -0.4 is 10.6 Å². The molecule has 0 saturated carbocycles. The second kappa shape index (κ2) is 14.6. The van der Waals surface area contributed by atoms with Crippen LogP contribution in [0, 0.1) is 0 Å². The third kappa shape index (κ3) is 9.23. The Morgan fingerprint density at radius 2 is 2.00 bits per heavy atom. The summed E-state index contributed by atoms with van der Waals surface area (Å²) in [7, 11) is 1.78. The summed E-state index contributed by atoms with van der Waals surface area (Å²) >= 11 is 0. The van der Waals surface area contributed by atoms with Crippen LogP contribution in [0.5, 0.6) is 0 Å². The van der Waals surface area contributed by atoms with E-state index in [9.17, 15) is 4.79 Å². The Kier molecular flexibility index (Phi) is 12.9. The molecule has 2 N–H and O–H groups in total. The molecular weight excluding hydrogens is 467 g/mol. The van der Waals surface area contributed by atoms with Gasteiger partial charge in [0.2, 0.25) is 5.91 Å². The number of nitrogens with one attached hydrogen (secondary N) is 2. The lowest BCUT2D eigenvalue weighted by Crippen LogP contribution is -2.37. The molecule has 0 atom stereocenters. The Morgan fingerprint density at radius 1 is 1.21 bits per heavy atom. The number of rotatable bonds is 11. The zero-order chi connectivity index (χ0) is 19.3. The molecule has 0 bridgehead atoms. The van der Waals surface area contributed by atoms with Gasteiger partial charge in [-0.15, -0.1) is 24.0 Å². The fourth-order valence-electron chi connectivity index (χ4n) is 3.07. The van der Waals surface area contributed by atoms with E-state index in [0.29, 0.717) is 19.5 Å². The van der Waals surface area contributed by atoms with Crippen molar-refractivity contribution < 1.29 is 9.53 Å². The van der Waals surface area contributed by atoms with Gasteiger partial charge in [-0.3, -0.25) is 9.79 Å². The van der Waals surface area contributed by atoms with Gasteiger partial charge < -0.3 is 20.3 Å². The number of carbonyl (C=O) groups is 1. The summed E-state index contributed by atoms with van der Waals surface area (Å²) in [6.07, 6.45) is 4.92. The van der Waals surface area contributed by atoms with Crippen molar-refractivity contribution in [3.63, 3.8) is 0 Å². The van der Waals surface area contributed by atoms with Gasteiger partial charge in [0, 0.05) is 52.9 Å². The van der Waals surface area contributed by atoms with Crippen LogP contribution in [0.1, 0.15) is 50.2 Å². The Balaban J connectivity index is 0.00000392. The van der Waals surface area contributed by atoms with Crippen molar-refractivity contribution in [3.05, 3.63) is 35.4 Å². The van der Waals surface area contributed by atoms with Gasteiger partial charge in [-0.25, -0.2) is 0 Å². The smallest absolute Gasteiger partial charge is 0.222 e. The zero-order valence-corrected chi connectivity index (χ0v) is 19.5. The maximum absolute atomic E-state index is 11.8. The van der Waals surface area contributed by atoms with E-state index >= 15 is 0 Å². The van der Waals surface area contributed by atoms with Gasteiger partial charge in [0.1, 0.15) is 0 Å². The number of aliphatic imine (C=N–C) groups is 1. The van der Waals surface area contributed by atoms with Gasteiger partial charge in [-0.1, -0.05) is 37.6 Å². The highest BCUT2D eigenvalue weighted by Crippen LogP contribution is 2.15. The van der Waals surface area contributed by atoms with Crippen molar-refractivity contribution in [1.29, 1.82) is 0 Å². The number of hydrogen-bond acceptors (Lipinski definition) is 3. The molecule has 158 valence electrons. The predicted molar refractivity (Wildman–Crippen MR) is 125 cm³/mol. The number of halogens is 1. The first-order valence-electron chi connectivity index (χ1n) is 10.1. The maximum Gasteiger partial charge on any atom is 0.222 e. The standard InChI is InChI=1S/C21H34N4O2.HI/c1-3-4-13-27-14-7-11-23-21(22-2)24-16-18-8-5-9-19(15-18)17-25-12-6-10-20(25)26;/h5,8-9,15H,3-4,6-7,10-14,16-17H2,1-2H3,(H2,22,23,24);1H. The van der Waals surface area contributed by atoms with E-state index in [0.717, 1.165) is 51.5 Å². The minimum atomic E-state index is 0. The lowest BCUT2D eigenvalue weighted by molar-refractivity contribution is -0.128. The number of likely N-dealkylation sites (tertiary alicyclic amines) is 1. The van der Waals surface area contributed by atoms with Gasteiger partial charge in [0.05, 0.1) is 0 Å². The number of benzene rings is 1. The van der Waals surface area contributed by atoms with Crippen LogP contribution in [0.4, 0.5) is 0 Å². The molecule has 0 unspecified atom stereocenters. The van der Waals surface area contributed by atoms with Crippen LogP contribution in [0.2, 0.25) is 0 Å². The number of ether oxygens (including phenoxy) is 1. The lowest BCUT2D eigenvalue weighted by atomic mass is 10.1. The monoisotopic (exact) mass is 502 g/mol. The van der Waals surface area contributed by atoms with E-state index < -0.39 is 0 Å². The highest BCUT2D eigenvalue weighted by Gasteiger charge is 2.19. The molecule has 1 amide bonds. The third-order valence-electron chi connectivity index (χ3n) is 4.62. The van der Waals surface area contributed by atoms with Crippen molar-refractivity contribution in [2.75, 3.05) is 33.4 Å².